The number of hydrogen-bond acceptors (Lipinski definition) is 3. The highest BCUT2D eigenvalue weighted by Crippen LogP contribution is 2.39. The first kappa shape index (κ1) is 14.0. The summed E-state index contributed by atoms with van der Waals surface area (Å²) in [6.45, 7) is 5.71. The van der Waals surface area contributed by atoms with Crippen LogP contribution in [0.1, 0.15) is 31.4 Å². The number of aryl methyl sites for hydroxylation is 1. The number of likely N-dealkylation sites (tertiary alicyclic amines) is 1. The van der Waals surface area contributed by atoms with Crippen molar-refractivity contribution in [1.82, 2.24) is 9.88 Å². The van der Waals surface area contributed by atoms with E-state index in [0.29, 0.717) is 5.54 Å². The summed E-state index contributed by atoms with van der Waals surface area (Å²) in [6, 6.07) is 10.8. The molecule has 116 valence electrons. The van der Waals surface area contributed by atoms with Crippen molar-refractivity contribution < 1.29 is 0 Å². The Morgan fingerprint density at radius 1 is 1.05 bits per heavy atom. The van der Waals surface area contributed by atoms with Gasteiger partial charge in [0.05, 0.1) is 5.52 Å². The van der Waals surface area contributed by atoms with E-state index in [-0.39, 0.29) is 0 Å². The Bertz CT molecular complexity index is 686. The third-order valence-corrected chi connectivity index (χ3v) is 5.80. The zero-order valence-electron chi connectivity index (χ0n) is 13.7. The van der Waals surface area contributed by atoms with Gasteiger partial charge in [-0.2, -0.15) is 0 Å². The Morgan fingerprint density at radius 2 is 1.82 bits per heavy atom. The van der Waals surface area contributed by atoms with E-state index < -0.39 is 0 Å². The van der Waals surface area contributed by atoms with Gasteiger partial charge in [0, 0.05) is 35.4 Å². The van der Waals surface area contributed by atoms with Crippen LogP contribution in [0.15, 0.2) is 30.3 Å². The standard InChI is InChI=1S/C19H25N3/c1-15-14-18(16-6-3-4-7-17(16)20-15)22-12-9-19(10-13-22)8-5-11-21(19)2/h3-4,6-7,14H,5,8-13H2,1-2H3. The SMILES string of the molecule is Cc1cc(N2CCC3(CCCN3C)CC2)c2ccccc2n1. The van der Waals surface area contributed by atoms with E-state index in [9.17, 15) is 0 Å². The van der Waals surface area contributed by atoms with E-state index in [1.165, 1.54) is 43.3 Å². The zero-order valence-corrected chi connectivity index (χ0v) is 13.7. The van der Waals surface area contributed by atoms with Crippen LogP contribution in [0.5, 0.6) is 0 Å². The first-order chi connectivity index (χ1) is 10.7. The molecule has 2 saturated heterocycles. The minimum atomic E-state index is 0.481. The van der Waals surface area contributed by atoms with Gasteiger partial charge in [0.25, 0.3) is 0 Å². The van der Waals surface area contributed by atoms with Crippen molar-refractivity contribution in [2.24, 2.45) is 0 Å². The summed E-state index contributed by atoms with van der Waals surface area (Å²) in [5.41, 5.74) is 4.09. The van der Waals surface area contributed by atoms with Gasteiger partial charge in [-0.1, -0.05) is 18.2 Å². The van der Waals surface area contributed by atoms with Gasteiger partial charge < -0.3 is 9.80 Å². The average molecular weight is 295 g/mol. The number of piperidine rings is 1. The largest absolute Gasteiger partial charge is 0.371 e. The smallest absolute Gasteiger partial charge is 0.0726 e. The molecule has 0 amide bonds. The second-order valence-corrected chi connectivity index (χ2v) is 7.04. The Balaban J connectivity index is 1.64. The summed E-state index contributed by atoms with van der Waals surface area (Å²) >= 11 is 0. The van der Waals surface area contributed by atoms with Gasteiger partial charge in [0.2, 0.25) is 0 Å². The fourth-order valence-electron chi connectivity index (χ4n) is 4.42. The lowest BCUT2D eigenvalue weighted by Crippen LogP contribution is -2.50. The molecule has 3 nitrogen and oxygen atoms in total. The molecule has 0 radical (unpaired) electrons. The number of hydrogen-bond donors (Lipinski definition) is 0. The number of pyridine rings is 1. The molecule has 2 aliphatic heterocycles. The maximum absolute atomic E-state index is 4.68. The van der Waals surface area contributed by atoms with E-state index in [1.807, 2.05) is 0 Å². The highest BCUT2D eigenvalue weighted by molar-refractivity contribution is 5.92. The molecule has 1 spiro atoms. The third kappa shape index (κ3) is 2.19. The van der Waals surface area contributed by atoms with E-state index in [2.05, 4.69) is 59.1 Å². The highest BCUT2D eigenvalue weighted by atomic mass is 15.2. The van der Waals surface area contributed by atoms with Gasteiger partial charge in [0.1, 0.15) is 0 Å². The molecule has 1 aromatic heterocycles. The fraction of sp³-hybridized carbons (Fsp3) is 0.526. The van der Waals surface area contributed by atoms with Crippen molar-refractivity contribution in [3.63, 3.8) is 0 Å². The van der Waals surface area contributed by atoms with Crippen LogP contribution in [-0.2, 0) is 0 Å². The quantitative estimate of drug-likeness (QED) is 0.801. The number of anilines is 1. The number of rotatable bonds is 1. The summed E-state index contributed by atoms with van der Waals surface area (Å²) in [5.74, 6) is 0. The minimum Gasteiger partial charge on any atom is -0.371 e. The van der Waals surface area contributed by atoms with Crippen molar-refractivity contribution >= 4 is 16.6 Å². The second kappa shape index (κ2) is 5.24. The molecule has 0 unspecified atom stereocenters. The van der Waals surface area contributed by atoms with Gasteiger partial charge in [-0.15, -0.1) is 0 Å². The van der Waals surface area contributed by atoms with Gasteiger partial charge in [-0.05, 0) is 58.3 Å². The molecule has 0 aliphatic carbocycles. The molecule has 0 N–H and O–H groups in total. The highest BCUT2D eigenvalue weighted by Gasteiger charge is 2.41. The molecule has 3 heterocycles. The summed E-state index contributed by atoms with van der Waals surface area (Å²) in [7, 11) is 2.31. The lowest BCUT2D eigenvalue weighted by atomic mass is 9.85. The number of para-hydroxylation sites is 1. The molecular formula is C19H25N3. The van der Waals surface area contributed by atoms with Crippen LogP contribution in [0.25, 0.3) is 10.9 Å². The minimum absolute atomic E-state index is 0.481. The van der Waals surface area contributed by atoms with Crippen LogP contribution < -0.4 is 4.90 Å². The van der Waals surface area contributed by atoms with Crippen molar-refractivity contribution in [3.05, 3.63) is 36.0 Å². The lowest BCUT2D eigenvalue weighted by Gasteiger charge is -2.44. The molecule has 1 aromatic carbocycles. The van der Waals surface area contributed by atoms with Crippen LogP contribution in [0.4, 0.5) is 5.69 Å². The molecular weight excluding hydrogens is 270 g/mol. The van der Waals surface area contributed by atoms with Crippen molar-refractivity contribution in [3.8, 4) is 0 Å². The van der Waals surface area contributed by atoms with Crippen LogP contribution in [0, 0.1) is 6.92 Å². The molecule has 0 saturated carbocycles. The fourth-order valence-corrected chi connectivity index (χ4v) is 4.42. The molecule has 2 aromatic rings. The molecule has 2 aliphatic rings. The van der Waals surface area contributed by atoms with Crippen LogP contribution in [0.2, 0.25) is 0 Å². The Kier molecular flexibility index (Phi) is 3.33. The summed E-state index contributed by atoms with van der Waals surface area (Å²) in [5, 5.41) is 1.30. The second-order valence-electron chi connectivity index (χ2n) is 7.04. The number of benzene rings is 1. The van der Waals surface area contributed by atoms with Crippen LogP contribution in [0.3, 0.4) is 0 Å². The van der Waals surface area contributed by atoms with E-state index in [1.54, 1.807) is 0 Å². The van der Waals surface area contributed by atoms with E-state index in [4.69, 9.17) is 0 Å². The zero-order chi connectivity index (χ0) is 15.2. The topological polar surface area (TPSA) is 19.4 Å². The molecule has 22 heavy (non-hydrogen) atoms. The maximum Gasteiger partial charge on any atom is 0.0726 e. The third-order valence-electron chi connectivity index (χ3n) is 5.80. The van der Waals surface area contributed by atoms with Gasteiger partial charge in [-0.3, -0.25) is 4.98 Å². The Labute approximate surface area is 132 Å². The van der Waals surface area contributed by atoms with Gasteiger partial charge >= 0.3 is 0 Å². The molecule has 2 fully saturated rings. The van der Waals surface area contributed by atoms with Gasteiger partial charge in [-0.25, -0.2) is 0 Å². The first-order valence-corrected chi connectivity index (χ1v) is 8.51. The summed E-state index contributed by atoms with van der Waals surface area (Å²) in [6.07, 6.45) is 5.33. The first-order valence-electron chi connectivity index (χ1n) is 8.51. The molecule has 4 rings (SSSR count). The summed E-state index contributed by atoms with van der Waals surface area (Å²) in [4.78, 5) is 9.87. The normalized spacial score (nSPS) is 21.8. The number of nitrogens with zero attached hydrogens (tertiary/aromatic N) is 3. The monoisotopic (exact) mass is 295 g/mol. The van der Waals surface area contributed by atoms with E-state index in [0.717, 1.165) is 24.3 Å². The van der Waals surface area contributed by atoms with Crippen LogP contribution >= 0.6 is 0 Å². The molecule has 0 bridgehead atoms. The number of fused-ring (bicyclic) bond motifs is 1. The molecule has 3 heteroatoms. The Morgan fingerprint density at radius 3 is 2.55 bits per heavy atom. The predicted octanol–water partition coefficient (Wildman–Crippen LogP) is 3.61. The lowest BCUT2D eigenvalue weighted by molar-refractivity contribution is 0.137. The average Bonchev–Trinajstić information content (AvgIpc) is 2.88. The number of aromatic nitrogens is 1. The van der Waals surface area contributed by atoms with E-state index >= 15 is 0 Å². The van der Waals surface area contributed by atoms with Crippen molar-refractivity contribution in [1.29, 1.82) is 0 Å². The molecule has 0 atom stereocenters. The van der Waals surface area contributed by atoms with Crippen molar-refractivity contribution in [2.45, 2.75) is 38.1 Å². The van der Waals surface area contributed by atoms with Crippen molar-refractivity contribution in [2.75, 3.05) is 31.6 Å². The maximum atomic E-state index is 4.68. The Hall–Kier alpha value is -1.61. The summed E-state index contributed by atoms with van der Waals surface area (Å²) < 4.78 is 0. The van der Waals surface area contributed by atoms with Crippen LogP contribution in [-0.4, -0.2) is 42.1 Å². The van der Waals surface area contributed by atoms with Gasteiger partial charge in [0.15, 0.2) is 0 Å². The predicted molar refractivity (Wildman–Crippen MR) is 92.5 cm³/mol.